The molecule has 0 radical (unpaired) electrons. The van der Waals surface area contributed by atoms with Crippen molar-refractivity contribution in [2.75, 3.05) is 0 Å². The van der Waals surface area contributed by atoms with Gasteiger partial charge in [0.05, 0.1) is 5.60 Å². The molecule has 0 heterocycles. The highest BCUT2D eigenvalue weighted by molar-refractivity contribution is 5.23. The molecule has 1 unspecified atom stereocenters. The number of alkyl halides is 7. The van der Waals surface area contributed by atoms with Crippen molar-refractivity contribution >= 4 is 0 Å². The van der Waals surface area contributed by atoms with Gasteiger partial charge in [0.1, 0.15) is 5.82 Å². The molecule has 1 aromatic carbocycles. The highest BCUT2D eigenvalue weighted by atomic mass is 19.4. The monoisotopic (exact) mass is 322 g/mol. The van der Waals surface area contributed by atoms with Gasteiger partial charge in [-0.1, -0.05) is 12.1 Å². The Balaban J connectivity index is 3.23. The molecule has 1 aromatic rings. The van der Waals surface area contributed by atoms with Gasteiger partial charge in [0, 0.05) is 6.42 Å². The summed E-state index contributed by atoms with van der Waals surface area (Å²) in [6.07, 6.45) is -14.8. The van der Waals surface area contributed by atoms with E-state index in [1.54, 1.807) is 0 Å². The average molecular weight is 322 g/mol. The molecule has 120 valence electrons. The Hall–Kier alpha value is -1.38. The molecule has 0 saturated carbocycles. The summed E-state index contributed by atoms with van der Waals surface area (Å²) >= 11 is 0. The van der Waals surface area contributed by atoms with Gasteiger partial charge in [-0.2, -0.15) is 26.3 Å². The van der Waals surface area contributed by atoms with E-state index < -0.39 is 41.4 Å². The van der Waals surface area contributed by atoms with E-state index in [0.717, 1.165) is 24.3 Å². The molecule has 1 rings (SSSR count). The van der Waals surface area contributed by atoms with E-state index in [0.29, 0.717) is 6.92 Å². The fourth-order valence-electron chi connectivity index (χ4n) is 1.75. The summed E-state index contributed by atoms with van der Waals surface area (Å²) in [6.45, 7) is 0.589. The minimum atomic E-state index is -6.25. The average Bonchev–Trinajstić information content (AvgIpc) is 2.25. The SMILES string of the molecule is CC(O)(CC(F)(C(F)(F)F)C(F)(F)F)c1ccc(F)cc1. The van der Waals surface area contributed by atoms with E-state index in [2.05, 4.69) is 0 Å². The summed E-state index contributed by atoms with van der Waals surface area (Å²) in [7, 11) is 0. The van der Waals surface area contributed by atoms with Gasteiger partial charge in [-0.05, 0) is 24.6 Å². The van der Waals surface area contributed by atoms with Crippen LogP contribution in [-0.4, -0.2) is 23.1 Å². The molecule has 0 saturated heterocycles. The van der Waals surface area contributed by atoms with Crippen molar-refractivity contribution < 1.29 is 40.2 Å². The normalized spacial score (nSPS) is 16.7. The second-order valence-electron chi connectivity index (χ2n) is 4.75. The van der Waals surface area contributed by atoms with Crippen LogP contribution in [0.1, 0.15) is 18.9 Å². The van der Waals surface area contributed by atoms with Crippen molar-refractivity contribution in [1.82, 2.24) is 0 Å². The predicted octanol–water partition coefficient (Wildman–Crippen LogP) is 4.26. The third-order valence-corrected chi connectivity index (χ3v) is 2.95. The van der Waals surface area contributed by atoms with E-state index in [4.69, 9.17) is 0 Å². The fraction of sp³-hybridized carbons (Fsp3) is 0.500. The first kappa shape index (κ1) is 17.7. The summed E-state index contributed by atoms with van der Waals surface area (Å²) in [5.41, 5.74) is -8.86. The zero-order chi connectivity index (χ0) is 16.7. The van der Waals surface area contributed by atoms with Crippen molar-refractivity contribution in [2.24, 2.45) is 0 Å². The summed E-state index contributed by atoms with van der Waals surface area (Å²) in [6, 6.07) is 3.01. The maximum Gasteiger partial charge on any atom is 0.431 e. The molecule has 0 fully saturated rings. The predicted molar refractivity (Wildman–Crippen MR) is 56.5 cm³/mol. The van der Waals surface area contributed by atoms with Gasteiger partial charge in [0.15, 0.2) is 0 Å². The molecule has 1 N–H and O–H groups in total. The van der Waals surface area contributed by atoms with Gasteiger partial charge < -0.3 is 5.11 Å². The van der Waals surface area contributed by atoms with Crippen LogP contribution in [0.25, 0.3) is 0 Å². The molecule has 9 heteroatoms. The molecule has 0 aromatic heterocycles. The van der Waals surface area contributed by atoms with E-state index in [-0.39, 0.29) is 0 Å². The van der Waals surface area contributed by atoms with Crippen molar-refractivity contribution in [3.63, 3.8) is 0 Å². The Kier molecular flexibility index (Phi) is 4.30. The molecule has 0 spiro atoms. The standard InChI is InChI=1S/C12H10F8O/c1-9(21,7-2-4-8(13)5-3-7)6-10(14,11(15,16)17)12(18,19)20/h2-5,21H,6H2,1H3. The topological polar surface area (TPSA) is 20.2 Å². The van der Waals surface area contributed by atoms with Crippen molar-refractivity contribution in [3.05, 3.63) is 35.6 Å². The first-order valence-corrected chi connectivity index (χ1v) is 5.51. The first-order chi connectivity index (χ1) is 9.21. The van der Waals surface area contributed by atoms with Gasteiger partial charge in [-0.3, -0.25) is 0 Å². The molecule has 1 nitrogen and oxygen atoms in total. The highest BCUT2D eigenvalue weighted by Gasteiger charge is 2.73. The van der Waals surface area contributed by atoms with Crippen LogP contribution in [0.2, 0.25) is 0 Å². The molecule has 0 amide bonds. The van der Waals surface area contributed by atoms with Gasteiger partial charge in [-0.15, -0.1) is 0 Å². The van der Waals surface area contributed by atoms with Gasteiger partial charge in [-0.25, -0.2) is 8.78 Å². The van der Waals surface area contributed by atoms with Crippen LogP contribution in [0, 0.1) is 5.82 Å². The molecule has 0 aliphatic rings. The number of benzene rings is 1. The van der Waals surface area contributed by atoms with E-state index in [1.807, 2.05) is 0 Å². The lowest BCUT2D eigenvalue weighted by Crippen LogP contribution is -2.56. The second-order valence-corrected chi connectivity index (χ2v) is 4.75. The Bertz CT molecular complexity index is 471. The maximum absolute atomic E-state index is 13.6. The molecule has 1 atom stereocenters. The van der Waals surface area contributed by atoms with Crippen LogP contribution in [0.15, 0.2) is 24.3 Å². The van der Waals surface area contributed by atoms with Crippen LogP contribution in [0.5, 0.6) is 0 Å². The largest absolute Gasteiger partial charge is 0.431 e. The van der Waals surface area contributed by atoms with E-state index >= 15 is 0 Å². The number of aliphatic hydroxyl groups is 1. The van der Waals surface area contributed by atoms with Gasteiger partial charge in [0.2, 0.25) is 0 Å². The Morgan fingerprint density at radius 3 is 1.57 bits per heavy atom. The molecule has 21 heavy (non-hydrogen) atoms. The summed E-state index contributed by atoms with van der Waals surface area (Å²) in [5, 5.41) is 9.78. The van der Waals surface area contributed by atoms with Crippen LogP contribution >= 0.6 is 0 Å². The Morgan fingerprint density at radius 2 is 1.24 bits per heavy atom. The quantitative estimate of drug-likeness (QED) is 0.825. The van der Waals surface area contributed by atoms with Crippen molar-refractivity contribution in [3.8, 4) is 0 Å². The van der Waals surface area contributed by atoms with Crippen LogP contribution < -0.4 is 0 Å². The molecular formula is C12H10F8O. The first-order valence-electron chi connectivity index (χ1n) is 5.51. The number of halogens is 8. The number of rotatable bonds is 3. The maximum atomic E-state index is 13.6. The lowest BCUT2D eigenvalue weighted by molar-refractivity contribution is -0.352. The van der Waals surface area contributed by atoms with Gasteiger partial charge in [0.25, 0.3) is 0 Å². The molecule has 0 aliphatic heterocycles. The third kappa shape index (κ3) is 3.45. The Morgan fingerprint density at radius 1 is 0.857 bits per heavy atom. The lowest BCUT2D eigenvalue weighted by atomic mass is 9.83. The smallest absolute Gasteiger partial charge is 0.385 e. The summed E-state index contributed by atoms with van der Waals surface area (Å²) in [5.74, 6) is -0.812. The van der Waals surface area contributed by atoms with Gasteiger partial charge >= 0.3 is 18.0 Å². The zero-order valence-electron chi connectivity index (χ0n) is 10.5. The second kappa shape index (κ2) is 5.11. The van der Waals surface area contributed by atoms with Crippen molar-refractivity contribution in [2.45, 2.75) is 37.0 Å². The third-order valence-electron chi connectivity index (χ3n) is 2.95. The summed E-state index contributed by atoms with van der Waals surface area (Å²) in [4.78, 5) is 0. The molecule has 0 aliphatic carbocycles. The Labute approximate surface area is 114 Å². The lowest BCUT2D eigenvalue weighted by Gasteiger charge is -2.36. The summed E-state index contributed by atoms with van der Waals surface area (Å²) < 4.78 is 101. The number of hydrogen-bond donors (Lipinski definition) is 1. The minimum absolute atomic E-state index is 0.473. The van der Waals surface area contributed by atoms with E-state index in [1.165, 1.54) is 0 Å². The number of hydrogen-bond acceptors (Lipinski definition) is 1. The molecular weight excluding hydrogens is 312 g/mol. The molecule has 0 bridgehead atoms. The van der Waals surface area contributed by atoms with Crippen LogP contribution in [0.4, 0.5) is 35.1 Å². The van der Waals surface area contributed by atoms with Crippen molar-refractivity contribution in [1.29, 1.82) is 0 Å². The zero-order valence-corrected chi connectivity index (χ0v) is 10.5. The minimum Gasteiger partial charge on any atom is -0.385 e. The highest BCUT2D eigenvalue weighted by Crippen LogP contribution is 2.51. The van der Waals surface area contributed by atoms with Crippen LogP contribution in [0.3, 0.4) is 0 Å². The van der Waals surface area contributed by atoms with Crippen LogP contribution in [-0.2, 0) is 5.60 Å². The van der Waals surface area contributed by atoms with E-state index in [9.17, 15) is 40.2 Å². The fourth-order valence-corrected chi connectivity index (χ4v) is 1.75.